The molecule has 0 aliphatic rings. The monoisotopic (exact) mass is 212 g/mol. The highest BCUT2D eigenvalue weighted by atomic mass is 32.1. The zero-order valence-corrected chi connectivity index (χ0v) is 9.65. The van der Waals surface area contributed by atoms with Crippen LogP contribution in [0.2, 0.25) is 0 Å². The molecule has 1 rings (SSSR count). The van der Waals surface area contributed by atoms with Crippen LogP contribution in [0.4, 0.5) is 0 Å². The van der Waals surface area contributed by atoms with E-state index in [1.54, 1.807) is 11.3 Å². The number of thiazole rings is 1. The van der Waals surface area contributed by atoms with Crippen LogP contribution in [-0.2, 0) is 11.3 Å². The number of nitrogens with zero attached hydrogens (tertiary/aromatic N) is 1. The lowest BCUT2D eigenvalue weighted by atomic mass is 10.2. The number of carbonyl (C=O) groups excluding carboxylic acids is 1. The first kappa shape index (κ1) is 11.2. The molecule has 4 heteroatoms. The number of nitrogens with one attached hydrogen (secondary N) is 1. The van der Waals surface area contributed by atoms with Gasteiger partial charge in [0.25, 0.3) is 0 Å². The molecule has 0 radical (unpaired) electrons. The van der Waals surface area contributed by atoms with Crippen molar-refractivity contribution in [3.8, 4) is 0 Å². The van der Waals surface area contributed by atoms with Crippen LogP contribution >= 0.6 is 11.3 Å². The minimum absolute atomic E-state index is 0.0732. The highest BCUT2D eigenvalue weighted by Gasteiger charge is 2.06. The number of carbonyl (C=O) groups is 1. The zero-order chi connectivity index (χ0) is 10.6. The standard InChI is InChI=1S/C10H16N2OS/c1-4-9(13)11-5-8-6-14-10(12-8)7(2)3/h6-7H,4-5H2,1-3H3,(H,11,13). The number of aromatic nitrogens is 1. The van der Waals surface area contributed by atoms with Crippen LogP contribution < -0.4 is 5.32 Å². The van der Waals surface area contributed by atoms with Crippen molar-refractivity contribution in [2.24, 2.45) is 0 Å². The van der Waals surface area contributed by atoms with Crippen molar-refractivity contribution in [3.05, 3.63) is 16.1 Å². The van der Waals surface area contributed by atoms with E-state index >= 15 is 0 Å². The highest BCUT2D eigenvalue weighted by Crippen LogP contribution is 2.18. The molecule has 1 heterocycles. The van der Waals surface area contributed by atoms with Gasteiger partial charge in [-0.25, -0.2) is 4.98 Å². The number of amides is 1. The van der Waals surface area contributed by atoms with Gasteiger partial charge in [0.05, 0.1) is 17.2 Å². The minimum Gasteiger partial charge on any atom is -0.350 e. The largest absolute Gasteiger partial charge is 0.350 e. The van der Waals surface area contributed by atoms with Crippen LogP contribution in [0.3, 0.4) is 0 Å². The second-order valence-corrected chi connectivity index (χ2v) is 4.35. The fourth-order valence-corrected chi connectivity index (χ4v) is 1.82. The molecule has 0 saturated carbocycles. The molecule has 0 aliphatic carbocycles. The first-order valence-electron chi connectivity index (χ1n) is 4.84. The summed E-state index contributed by atoms with van der Waals surface area (Å²) in [7, 11) is 0. The van der Waals surface area contributed by atoms with Gasteiger partial charge >= 0.3 is 0 Å². The Balaban J connectivity index is 2.48. The van der Waals surface area contributed by atoms with E-state index in [4.69, 9.17) is 0 Å². The number of hydrogen-bond acceptors (Lipinski definition) is 3. The third-order valence-electron chi connectivity index (χ3n) is 1.85. The van der Waals surface area contributed by atoms with Gasteiger partial charge in [-0.1, -0.05) is 20.8 Å². The molecule has 0 aromatic carbocycles. The second kappa shape index (κ2) is 5.10. The topological polar surface area (TPSA) is 42.0 Å². The summed E-state index contributed by atoms with van der Waals surface area (Å²) in [5, 5.41) is 5.94. The van der Waals surface area contributed by atoms with Gasteiger partial charge in [-0.3, -0.25) is 4.79 Å². The summed E-state index contributed by atoms with van der Waals surface area (Å²) < 4.78 is 0. The predicted molar refractivity (Wildman–Crippen MR) is 58.3 cm³/mol. The average Bonchev–Trinajstić information content (AvgIpc) is 2.62. The van der Waals surface area contributed by atoms with Gasteiger partial charge in [-0.2, -0.15) is 0 Å². The first-order valence-corrected chi connectivity index (χ1v) is 5.72. The molecule has 0 spiro atoms. The van der Waals surface area contributed by atoms with E-state index in [0.29, 0.717) is 18.9 Å². The molecule has 78 valence electrons. The molecular formula is C10H16N2OS. The predicted octanol–water partition coefficient (Wildman–Crippen LogP) is 2.29. The summed E-state index contributed by atoms with van der Waals surface area (Å²) in [4.78, 5) is 15.4. The zero-order valence-electron chi connectivity index (χ0n) is 8.83. The molecule has 0 unspecified atom stereocenters. The van der Waals surface area contributed by atoms with Crippen molar-refractivity contribution in [3.63, 3.8) is 0 Å². The van der Waals surface area contributed by atoms with Crippen molar-refractivity contribution in [2.45, 2.75) is 39.7 Å². The Morgan fingerprint density at radius 1 is 1.64 bits per heavy atom. The quantitative estimate of drug-likeness (QED) is 0.832. The molecule has 1 aromatic heterocycles. The molecule has 14 heavy (non-hydrogen) atoms. The molecule has 1 N–H and O–H groups in total. The van der Waals surface area contributed by atoms with Crippen LogP contribution in [0.1, 0.15) is 43.8 Å². The summed E-state index contributed by atoms with van der Waals surface area (Å²) >= 11 is 1.65. The Morgan fingerprint density at radius 2 is 2.36 bits per heavy atom. The maximum atomic E-state index is 11.0. The normalized spacial score (nSPS) is 10.6. The summed E-state index contributed by atoms with van der Waals surface area (Å²) in [6.07, 6.45) is 0.529. The van der Waals surface area contributed by atoms with Crippen molar-refractivity contribution < 1.29 is 4.79 Å². The molecule has 1 amide bonds. The lowest BCUT2D eigenvalue weighted by Gasteiger charge is -2.00. The van der Waals surface area contributed by atoms with Crippen LogP contribution in [-0.4, -0.2) is 10.9 Å². The Labute approximate surface area is 88.6 Å². The van der Waals surface area contributed by atoms with E-state index in [1.807, 2.05) is 12.3 Å². The molecule has 0 bridgehead atoms. The van der Waals surface area contributed by atoms with E-state index in [2.05, 4.69) is 24.1 Å². The third-order valence-corrected chi connectivity index (χ3v) is 3.05. The van der Waals surface area contributed by atoms with Gasteiger partial charge in [0.15, 0.2) is 0 Å². The van der Waals surface area contributed by atoms with Gasteiger partial charge in [0.2, 0.25) is 5.91 Å². The molecule has 1 aromatic rings. The lowest BCUT2D eigenvalue weighted by Crippen LogP contribution is -2.21. The summed E-state index contributed by atoms with van der Waals surface area (Å²) in [6.45, 7) is 6.63. The average molecular weight is 212 g/mol. The molecule has 0 atom stereocenters. The fraction of sp³-hybridized carbons (Fsp3) is 0.600. The molecule has 3 nitrogen and oxygen atoms in total. The Morgan fingerprint density at radius 3 is 2.86 bits per heavy atom. The van der Waals surface area contributed by atoms with Crippen LogP contribution in [0.25, 0.3) is 0 Å². The summed E-state index contributed by atoms with van der Waals surface area (Å²) in [5.74, 6) is 0.541. The third kappa shape index (κ3) is 3.10. The summed E-state index contributed by atoms with van der Waals surface area (Å²) in [5.41, 5.74) is 0.959. The maximum Gasteiger partial charge on any atom is 0.220 e. The van der Waals surface area contributed by atoms with Gasteiger partial charge < -0.3 is 5.32 Å². The van der Waals surface area contributed by atoms with Crippen LogP contribution in [0, 0.1) is 0 Å². The van der Waals surface area contributed by atoms with E-state index in [9.17, 15) is 4.79 Å². The molecule has 0 saturated heterocycles. The lowest BCUT2D eigenvalue weighted by molar-refractivity contribution is -0.120. The van der Waals surface area contributed by atoms with Gasteiger partial charge in [0.1, 0.15) is 0 Å². The van der Waals surface area contributed by atoms with Crippen LogP contribution in [0.15, 0.2) is 5.38 Å². The van der Waals surface area contributed by atoms with Crippen molar-refractivity contribution in [1.82, 2.24) is 10.3 Å². The molecular weight excluding hydrogens is 196 g/mol. The van der Waals surface area contributed by atoms with E-state index in [0.717, 1.165) is 10.7 Å². The molecule has 0 fully saturated rings. The smallest absolute Gasteiger partial charge is 0.220 e. The second-order valence-electron chi connectivity index (χ2n) is 3.46. The van der Waals surface area contributed by atoms with Gasteiger partial charge in [-0.05, 0) is 0 Å². The Hall–Kier alpha value is -0.900. The van der Waals surface area contributed by atoms with Gasteiger partial charge in [0, 0.05) is 17.7 Å². The number of hydrogen-bond donors (Lipinski definition) is 1. The number of rotatable bonds is 4. The van der Waals surface area contributed by atoms with E-state index in [1.165, 1.54) is 0 Å². The minimum atomic E-state index is 0.0732. The maximum absolute atomic E-state index is 11.0. The highest BCUT2D eigenvalue weighted by molar-refractivity contribution is 7.09. The van der Waals surface area contributed by atoms with Crippen molar-refractivity contribution in [2.75, 3.05) is 0 Å². The van der Waals surface area contributed by atoms with Crippen molar-refractivity contribution in [1.29, 1.82) is 0 Å². The van der Waals surface area contributed by atoms with Crippen LogP contribution in [0.5, 0.6) is 0 Å². The SMILES string of the molecule is CCC(=O)NCc1csc(C(C)C)n1. The summed E-state index contributed by atoms with van der Waals surface area (Å²) in [6, 6.07) is 0. The fourth-order valence-electron chi connectivity index (χ4n) is 0.983. The van der Waals surface area contributed by atoms with E-state index < -0.39 is 0 Å². The van der Waals surface area contributed by atoms with Crippen molar-refractivity contribution >= 4 is 17.2 Å². The first-order chi connectivity index (χ1) is 6.63. The van der Waals surface area contributed by atoms with E-state index in [-0.39, 0.29) is 5.91 Å². The molecule has 0 aliphatic heterocycles. The Bertz CT molecular complexity index is 307. The Kier molecular flexibility index (Phi) is 4.07. The van der Waals surface area contributed by atoms with Gasteiger partial charge in [-0.15, -0.1) is 11.3 Å².